The second-order valence-electron chi connectivity index (χ2n) is 4.27. The fraction of sp³-hybridized carbons (Fsp3) is 0.214. The lowest BCUT2D eigenvalue weighted by Crippen LogP contribution is -2.28. The van der Waals surface area contributed by atoms with Gasteiger partial charge in [0.25, 0.3) is 0 Å². The number of pyridine rings is 1. The van der Waals surface area contributed by atoms with E-state index < -0.39 is 12.0 Å². The van der Waals surface area contributed by atoms with Gasteiger partial charge in [0.2, 0.25) is 5.91 Å². The predicted octanol–water partition coefficient (Wildman–Crippen LogP) is 1.89. The number of rotatable bonds is 4. The van der Waals surface area contributed by atoms with Gasteiger partial charge in [-0.2, -0.15) is 0 Å². The predicted molar refractivity (Wildman–Crippen MR) is 70.6 cm³/mol. The van der Waals surface area contributed by atoms with E-state index in [4.69, 9.17) is 5.11 Å². The van der Waals surface area contributed by atoms with Crippen molar-refractivity contribution in [3.63, 3.8) is 0 Å². The van der Waals surface area contributed by atoms with E-state index in [9.17, 15) is 9.59 Å². The van der Waals surface area contributed by atoms with Gasteiger partial charge in [-0.3, -0.25) is 14.6 Å². The van der Waals surface area contributed by atoms with Crippen LogP contribution in [0.3, 0.4) is 0 Å². The maximum atomic E-state index is 11.2. The number of carbonyl (C=O) groups is 2. The van der Waals surface area contributed by atoms with E-state index in [1.54, 1.807) is 12.3 Å². The van der Waals surface area contributed by atoms with Crippen molar-refractivity contribution in [1.29, 1.82) is 0 Å². The molecule has 1 amide bonds. The van der Waals surface area contributed by atoms with E-state index in [0.717, 1.165) is 16.5 Å². The molecule has 1 atom stereocenters. The third kappa shape index (κ3) is 3.07. The van der Waals surface area contributed by atoms with Crippen LogP contribution in [-0.2, 0) is 9.59 Å². The van der Waals surface area contributed by atoms with E-state index in [1.807, 2.05) is 24.3 Å². The number of aliphatic carboxylic acids is 1. The van der Waals surface area contributed by atoms with Crippen LogP contribution in [0.15, 0.2) is 36.5 Å². The molecule has 2 N–H and O–H groups in total. The smallest absolute Gasteiger partial charge is 0.305 e. The quantitative estimate of drug-likeness (QED) is 0.877. The summed E-state index contributed by atoms with van der Waals surface area (Å²) in [5.74, 6) is -1.22. The topological polar surface area (TPSA) is 79.3 Å². The van der Waals surface area contributed by atoms with Crippen molar-refractivity contribution < 1.29 is 14.7 Å². The monoisotopic (exact) mass is 258 g/mol. The number of carbonyl (C=O) groups excluding carboxylic acids is 1. The van der Waals surface area contributed by atoms with E-state index in [-0.39, 0.29) is 12.3 Å². The maximum Gasteiger partial charge on any atom is 0.305 e. The molecule has 5 nitrogen and oxygen atoms in total. The van der Waals surface area contributed by atoms with Gasteiger partial charge in [0, 0.05) is 18.5 Å². The molecule has 0 bridgehead atoms. The molecule has 0 unspecified atom stereocenters. The minimum Gasteiger partial charge on any atom is -0.481 e. The van der Waals surface area contributed by atoms with Crippen molar-refractivity contribution in [2.45, 2.75) is 19.4 Å². The Bertz CT molecular complexity index is 604. The van der Waals surface area contributed by atoms with E-state index >= 15 is 0 Å². The van der Waals surface area contributed by atoms with Crippen molar-refractivity contribution in [2.75, 3.05) is 0 Å². The molecule has 1 heterocycles. The zero-order chi connectivity index (χ0) is 13.8. The number of benzene rings is 1. The molecule has 2 rings (SSSR count). The molecule has 0 spiro atoms. The minimum absolute atomic E-state index is 0.159. The average Bonchev–Trinajstić information content (AvgIpc) is 2.36. The van der Waals surface area contributed by atoms with Crippen molar-refractivity contribution >= 4 is 22.8 Å². The second kappa shape index (κ2) is 5.48. The van der Waals surface area contributed by atoms with Crippen LogP contribution in [-0.4, -0.2) is 22.0 Å². The summed E-state index contributed by atoms with van der Waals surface area (Å²) in [7, 11) is 0. The highest BCUT2D eigenvalue weighted by Gasteiger charge is 2.18. The summed E-state index contributed by atoms with van der Waals surface area (Å²) >= 11 is 0. The Balaban J connectivity index is 2.48. The number of hydrogen-bond acceptors (Lipinski definition) is 3. The highest BCUT2D eigenvalue weighted by Crippen LogP contribution is 2.24. The van der Waals surface area contributed by atoms with Crippen LogP contribution >= 0.6 is 0 Å². The first kappa shape index (κ1) is 13.0. The molecule has 0 aliphatic heterocycles. The van der Waals surface area contributed by atoms with Crippen LogP contribution < -0.4 is 5.32 Å². The number of nitrogens with zero attached hydrogens (tertiary/aromatic N) is 1. The largest absolute Gasteiger partial charge is 0.481 e. The Morgan fingerprint density at radius 1 is 1.32 bits per heavy atom. The molecule has 1 aromatic carbocycles. The Morgan fingerprint density at radius 2 is 2.05 bits per heavy atom. The van der Waals surface area contributed by atoms with Crippen molar-refractivity contribution in [3.8, 4) is 0 Å². The van der Waals surface area contributed by atoms with Crippen molar-refractivity contribution in [2.24, 2.45) is 0 Å². The molecule has 19 heavy (non-hydrogen) atoms. The van der Waals surface area contributed by atoms with Crippen LogP contribution in [0.2, 0.25) is 0 Å². The standard InChI is InChI=1S/C14H14N2O3/c1-9(17)16-13(8-14(18)19)11-6-7-15-12-5-3-2-4-10(11)12/h2-7,13H,8H2,1H3,(H,16,17)(H,18,19)/t13-/m1/s1. The van der Waals surface area contributed by atoms with Crippen LogP contribution in [0.1, 0.15) is 24.9 Å². The first-order chi connectivity index (χ1) is 9.08. The Labute approximate surface area is 110 Å². The van der Waals surface area contributed by atoms with E-state index in [0.29, 0.717) is 0 Å². The van der Waals surface area contributed by atoms with E-state index in [2.05, 4.69) is 10.3 Å². The second-order valence-corrected chi connectivity index (χ2v) is 4.27. The number of carboxylic acid groups (broad SMARTS) is 1. The molecular formula is C14H14N2O3. The first-order valence-electron chi connectivity index (χ1n) is 5.90. The Morgan fingerprint density at radius 3 is 2.74 bits per heavy atom. The summed E-state index contributed by atoms with van der Waals surface area (Å²) < 4.78 is 0. The minimum atomic E-state index is -0.959. The summed E-state index contributed by atoms with van der Waals surface area (Å²) in [5.41, 5.74) is 1.55. The molecular weight excluding hydrogens is 244 g/mol. The molecule has 2 aromatic rings. The number of nitrogens with one attached hydrogen (secondary N) is 1. The lowest BCUT2D eigenvalue weighted by atomic mass is 9.99. The molecule has 0 radical (unpaired) electrons. The van der Waals surface area contributed by atoms with Gasteiger partial charge in [0.05, 0.1) is 18.0 Å². The van der Waals surface area contributed by atoms with Crippen LogP contribution in [0, 0.1) is 0 Å². The Kier molecular flexibility index (Phi) is 3.75. The van der Waals surface area contributed by atoms with Crippen molar-refractivity contribution in [3.05, 3.63) is 42.1 Å². The van der Waals surface area contributed by atoms with Crippen LogP contribution in [0.25, 0.3) is 10.9 Å². The normalized spacial score (nSPS) is 12.1. The lowest BCUT2D eigenvalue weighted by Gasteiger charge is -2.18. The van der Waals surface area contributed by atoms with Gasteiger partial charge < -0.3 is 10.4 Å². The molecule has 98 valence electrons. The zero-order valence-corrected chi connectivity index (χ0v) is 10.5. The SMILES string of the molecule is CC(=O)N[C@H](CC(=O)O)c1ccnc2ccccc12. The van der Waals surface area contributed by atoms with Gasteiger partial charge in [-0.1, -0.05) is 18.2 Å². The average molecular weight is 258 g/mol. The fourth-order valence-corrected chi connectivity index (χ4v) is 2.08. The fourth-order valence-electron chi connectivity index (χ4n) is 2.08. The number of para-hydroxylation sites is 1. The van der Waals surface area contributed by atoms with Crippen LogP contribution in [0.4, 0.5) is 0 Å². The molecule has 1 aromatic heterocycles. The number of hydrogen-bond donors (Lipinski definition) is 2. The number of aromatic nitrogens is 1. The molecule has 0 fully saturated rings. The Hall–Kier alpha value is -2.43. The summed E-state index contributed by atoms with van der Waals surface area (Å²) in [6.07, 6.45) is 1.46. The van der Waals surface area contributed by atoms with Gasteiger partial charge in [0.15, 0.2) is 0 Å². The zero-order valence-electron chi connectivity index (χ0n) is 10.5. The number of carboxylic acids is 1. The number of fused-ring (bicyclic) bond motifs is 1. The summed E-state index contributed by atoms with van der Waals surface area (Å²) in [6.45, 7) is 1.37. The molecule has 0 aliphatic rings. The molecule has 0 saturated heterocycles. The number of amides is 1. The highest BCUT2D eigenvalue weighted by atomic mass is 16.4. The third-order valence-corrected chi connectivity index (χ3v) is 2.81. The van der Waals surface area contributed by atoms with Crippen molar-refractivity contribution in [1.82, 2.24) is 10.3 Å². The first-order valence-corrected chi connectivity index (χ1v) is 5.90. The van der Waals surface area contributed by atoms with Gasteiger partial charge >= 0.3 is 5.97 Å². The maximum absolute atomic E-state index is 11.2. The summed E-state index contributed by atoms with van der Waals surface area (Å²) in [6, 6.07) is 8.64. The molecule has 5 heteroatoms. The van der Waals surface area contributed by atoms with Gasteiger partial charge in [-0.25, -0.2) is 0 Å². The third-order valence-electron chi connectivity index (χ3n) is 2.81. The highest BCUT2D eigenvalue weighted by molar-refractivity contribution is 5.84. The van der Waals surface area contributed by atoms with E-state index in [1.165, 1.54) is 6.92 Å². The van der Waals surface area contributed by atoms with Crippen LogP contribution in [0.5, 0.6) is 0 Å². The van der Waals surface area contributed by atoms with Gasteiger partial charge in [-0.15, -0.1) is 0 Å². The van der Waals surface area contributed by atoms with Gasteiger partial charge in [-0.05, 0) is 17.7 Å². The molecule has 0 aliphatic carbocycles. The summed E-state index contributed by atoms with van der Waals surface area (Å²) in [4.78, 5) is 26.4. The molecule has 0 saturated carbocycles. The summed E-state index contributed by atoms with van der Waals surface area (Å²) in [5, 5.41) is 12.5. The lowest BCUT2D eigenvalue weighted by molar-refractivity contribution is -0.137. The van der Waals surface area contributed by atoms with Gasteiger partial charge in [0.1, 0.15) is 0 Å².